The molecule has 0 saturated carbocycles. The highest BCUT2D eigenvalue weighted by Gasteiger charge is 2.40. The van der Waals surface area contributed by atoms with Crippen LogP contribution in [0.4, 0.5) is 11.4 Å². The Morgan fingerprint density at radius 1 is 1.19 bits per heavy atom. The van der Waals surface area contributed by atoms with Gasteiger partial charge in [0.25, 0.3) is 0 Å². The van der Waals surface area contributed by atoms with Crippen molar-refractivity contribution in [2.45, 2.75) is 39.2 Å². The summed E-state index contributed by atoms with van der Waals surface area (Å²) in [6, 6.07) is 11.5. The molecule has 1 N–H and O–H groups in total. The Morgan fingerprint density at radius 3 is 2.73 bits per heavy atom. The van der Waals surface area contributed by atoms with Gasteiger partial charge in [-0.3, -0.25) is 14.5 Å². The number of allylic oxidation sites excluding steroid dienone is 1. The van der Waals surface area contributed by atoms with E-state index in [1.54, 1.807) is 11.3 Å². The van der Waals surface area contributed by atoms with Crippen molar-refractivity contribution < 1.29 is 9.59 Å². The number of nitrogens with one attached hydrogen (secondary N) is 1. The Balaban J connectivity index is 2.00. The van der Waals surface area contributed by atoms with Crippen molar-refractivity contribution in [2.24, 2.45) is 5.92 Å². The largest absolute Gasteiger partial charge is 0.357 e. The van der Waals surface area contributed by atoms with Gasteiger partial charge in [-0.2, -0.15) is 0 Å². The Hall–Kier alpha value is -2.40. The summed E-state index contributed by atoms with van der Waals surface area (Å²) in [6.45, 7) is 3.82. The second-order valence-electron chi connectivity index (χ2n) is 7.09. The van der Waals surface area contributed by atoms with E-state index in [-0.39, 0.29) is 23.7 Å². The number of anilines is 2. The molecule has 4 nitrogen and oxygen atoms in total. The fourth-order valence-electron chi connectivity index (χ4n) is 3.77. The second kappa shape index (κ2) is 6.72. The standard InChI is InChI=1S/C21H22N2O2S/c1-13(2)21(25)23-16-9-4-3-7-14(16)22-15-8-5-10-17(24)19(15)20(23)18-11-6-12-26-18/h3-4,6-7,9,11-13,20,22H,5,8,10H2,1-2H3/t20-/m1/s1. The van der Waals surface area contributed by atoms with E-state index in [0.717, 1.165) is 40.4 Å². The van der Waals surface area contributed by atoms with E-state index in [2.05, 4.69) is 5.32 Å². The molecule has 4 rings (SSSR count). The molecule has 2 heterocycles. The number of amides is 1. The molecule has 2 aliphatic rings. The van der Waals surface area contributed by atoms with Gasteiger partial charge in [0.15, 0.2) is 5.78 Å². The van der Waals surface area contributed by atoms with Crippen LogP contribution in [0.1, 0.15) is 44.0 Å². The van der Waals surface area contributed by atoms with Gasteiger partial charge in [-0.15, -0.1) is 11.3 Å². The number of thiophene rings is 1. The monoisotopic (exact) mass is 366 g/mol. The number of hydrogen-bond donors (Lipinski definition) is 1. The van der Waals surface area contributed by atoms with Crippen LogP contribution < -0.4 is 10.2 Å². The Kier molecular flexibility index (Phi) is 4.41. The van der Waals surface area contributed by atoms with E-state index in [9.17, 15) is 9.59 Å². The van der Waals surface area contributed by atoms with E-state index in [0.29, 0.717) is 6.42 Å². The van der Waals surface area contributed by atoms with Crippen LogP contribution in [0.15, 0.2) is 53.0 Å². The molecule has 0 fully saturated rings. The second-order valence-corrected chi connectivity index (χ2v) is 8.07. The van der Waals surface area contributed by atoms with Crippen LogP contribution in [0.5, 0.6) is 0 Å². The topological polar surface area (TPSA) is 49.4 Å². The summed E-state index contributed by atoms with van der Waals surface area (Å²) in [5.41, 5.74) is 3.45. The molecule has 0 unspecified atom stereocenters. The quantitative estimate of drug-likeness (QED) is 0.821. The number of hydrogen-bond acceptors (Lipinski definition) is 4. The molecular weight excluding hydrogens is 344 g/mol. The van der Waals surface area contributed by atoms with E-state index in [1.807, 2.05) is 60.5 Å². The van der Waals surface area contributed by atoms with Gasteiger partial charge in [0.2, 0.25) is 5.91 Å². The van der Waals surface area contributed by atoms with Gasteiger partial charge in [-0.1, -0.05) is 32.0 Å². The lowest BCUT2D eigenvalue weighted by Gasteiger charge is -2.34. The Morgan fingerprint density at radius 2 is 2.00 bits per heavy atom. The van der Waals surface area contributed by atoms with E-state index in [4.69, 9.17) is 0 Å². The molecule has 134 valence electrons. The lowest BCUT2D eigenvalue weighted by atomic mass is 9.88. The van der Waals surface area contributed by atoms with Gasteiger partial charge in [0.1, 0.15) is 6.04 Å². The summed E-state index contributed by atoms with van der Waals surface area (Å²) in [7, 11) is 0. The molecule has 0 spiro atoms. The number of carbonyl (C=O) groups excluding carboxylic acids is 2. The van der Waals surface area contributed by atoms with Crippen LogP contribution >= 0.6 is 11.3 Å². The molecule has 0 bridgehead atoms. The highest BCUT2D eigenvalue weighted by Crippen LogP contribution is 2.46. The number of Topliss-reactive ketones (excluding diaryl/α,β-unsaturated/α-hetero) is 1. The predicted molar refractivity (Wildman–Crippen MR) is 105 cm³/mol. The number of nitrogens with zero attached hydrogens (tertiary/aromatic N) is 1. The molecule has 1 amide bonds. The molecule has 0 radical (unpaired) electrons. The molecular formula is C21H22N2O2S. The van der Waals surface area contributed by atoms with Crippen molar-refractivity contribution in [1.82, 2.24) is 0 Å². The molecule has 1 aliphatic carbocycles. The zero-order valence-corrected chi connectivity index (χ0v) is 15.8. The van der Waals surface area contributed by atoms with E-state index < -0.39 is 0 Å². The Labute approximate surface area is 157 Å². The first-order valence-electron chi connectivity index (χ1n) is 9.06. The number of fused-ring (bicyclic) bond motifs is 1. The number of para-hydroxylation sites is 2. The number of benzene rings is 1. The average Bonchev–Trinajstić information content (AvgIpc) is 3.10. The van der Waals surface area contributed by atoms with Crippen molar-refractivity contribution in [3.8, 4) is 0 Å². The van der Waals surface area contributed by atoms with Gasteiger partial charge >= 0.3 is 0 Å². The molecule has 5 heteroatoms. The molecule has 1 aromatic carbocycles. The smallest absolute Gasteiger partial charge is 0.230 e. The third-order valence-corrected chi connectivity index (χ3v) is 5.91. The minimum atomic E-state index is -0.358. The lowest BCUT2D eigenvalue weighted by Crippen LogP contribution is -2.39. The number of ketones is 1. The van der Waals surface area contributed by atoms with Crippen LogP contribution in [0.2, 0.25) is 0 Å². The van der Waals surface area contributed by atoms with Crippen LogP contribution in [-0.2, 0) is 9.59 Å². The molecule has 26 heavy (non-hydrogen) atoms. The normalized spacial score (nSPS) is 19.7. The first kappa shape index (κ1) is 17.0. The average molecular weight is 366 g/mol. The summed E-state index contributed by atoms with van der Waals surface area (Å²) in [5.74, 6) is 0.0163. The number of carbonyl (C=O) groups is 2. The van der Waals surface area contributed by atoms with Gasteiger partial charge in [0, 0.05) is 28.5 Å². The van der Waals surface area contributed by atoms with Crippen molar-refractivity contribution in [2.75, 3.05) is 10.2 Å². The van der Waals surface area contributed by atoms with Crippen molar-refractivity contribution >= 4 is 34.4 Å². The van der Waals surface area contributed by atoms with Gasteiger partial charge in [-0.05, 0) is 36.4 Å². The zero-order chi connectivity index (χ0) is 18.3. The van der Waals surface area contributed by atoms with Gasteiger partial charge in [0.05, 0.1) is 11.4 Å². The highest BCUT2D eigenvalue weighted by atomic mass is 32.1. The van der Waals surface area contributed by atoms with Crippen LogP contribution in [0.3, 0.4) is 0 Å². The molecule has 1 atom stereocenters. The van der Waals surface area contributed by atoms with Crippen molar-refractivity contribution in [1.29, 1.82) is 0 Å². The summed E-state index contributed by atoms with van der Waals surface area (Å²) < 4.78 is 0. The SMILES string of the molecule is CC(C)C(=O)N1c2ccccc2NC2=C(C(=O)CCC2)[C@H]1c1cccs1. The van der Waals surface area contributed by atoms with Gasteiger partial charge in [-0.25, -0.2) is 0 Å². The van der Waals surface area contributed by atoms with Crippen molar-refractivity contribution in [3.05, 3.63) is 57.9 Å². The maximum Gasteiger partial charge on any atom is 0.230 e. The first-order valence-corrected chi connectivity index (χ1v) is 9.94. The summed E-state index contributed by atoms with van der Waals surface area (Å²) >= 11 is 1.60. The van der Waals surface area contributed by atoms with E-state index in [1.165, 1.54) is 0 Å². The molecule has 1 aliphatic heterocycles. The summed E-state index contributed by atoms with van der Waals surface area (Å²) in [6.07, 6.45) is 2.23. The molecule has 0 saturated heterocycles. The van der Waals surface area contributed by atoms with Crippen LogP contribution in [0.25, 0.3) is 0 Å². The number of rotatable bonds is 2. The predicted octanol–water partition coefficient (Wildman–Crippen LogP) is 4.91. The summed E-state index contributed by atoms with van der Waals surface area (Å²) in [5, 5.41) is 5.48. The first-order chi connectivity index (χ1) is 12.6. The third kappa shape index (κ3) is 2.76. The van der Waals surface area contributed by atoms with E-state index >= 15 is 0 Å². The fourth-order valence-corrected chi connectivity index (χ4v) is 4.59. The van der Waals surface area contributed by atoms with Crippen LogP contribution in [0, 0.1) is 5.92 Å². The van der Waals surface area contributed by atoms with Gasteiger partial charge < -0.3 is 5.32 Å². The van der Waals surface area contributed by atoms with Crippen LogP contribution in [-0.4, -0.2) is 11.7 Å². The maximum atomic E-state index is 13.3. The molecule has 2 aromatic rings. The third-order valence-electron chi connectivity index (χ3n) is 4.98. The fraction of sp³-hybridized carbons (Fsp3) is 0.333. The highest BCUT2D eigenvalue weighted by molar-refractivity contribution is 7.10. The lowest BCUT2D eigenvalue weighted by molar-refractivity contribution is -0.121. The maximum absolute atomic E-state index is 13.3. The van der Waals surface area contributed by atoms with Crippen molar-refractivity contribution in [3.63, 3.8) is 0 Å². The zero-order valence-electron chi connectivity index (χ0n) is 15.0. The Bertz CT molecular complexity index is 883. The summed E-state index contributed by atoms with van der Waals surface area (Å²) in [4.78, 5) is 29.1. The molecule has 1 aromatic heterocycles. The minimum absolute atomic E-state index is 0.0322. The minimum Gasteiger partial charge on any atom is -0.357 e.